The van der Waals surface area contributed by atoms with Crippen LogP contribution in [0.1, 0.15) is 36.9 Å². The third-order valence-corrected chi connectivity index (χ3v) is 8.15. The topological polar surface area (TPSA) is 29.5 Å². The van der Waals surface area contributed by atoms with Crippen LogP contribution in [0.2, 0.25) is 18.1 Å². The summed E-state index contributed by atoms with van der Waals surface area (Å²) in [4.78, 5) is 0. The average Bonchev–Trinajstić information content (AvgIpc) is 2.15. The van der Waals surface area contributed by atoms with Crippen molar-refractivity contribution in [3.8, 4) is 0 Å². The molecule has 0 aliphatic heterocycles. The van der Waals surface area contributed by atoms with Crippen LogP contribution in [0.4, 0.5) is 0 Å². The molecule has 0 aromatic heterocycles. The largest absolute Gasteiger partial charge is 0.413 e. The smallest absolute Gasteiger partial charge is 0.193 e. The summed E-state index contributed by atoms with van der Waals surface area (Å²) in [6.45, 7) is 14.3. The first-order chi connectivity index (χ1) is 7.88. The molecule has 0 rings (SSSR count). The van der Waals surface area contributed by atoms with Gasteiger partial charge in [0, 0.05) is 6.61 Å². The van der Waals surface area contributed by atoms with Crippen LogP contribution < -0.4 is 0 Å². The van der Waals surface area contributed by atoms with E-state index in [4.69, 9.17) is 12.3 Å². The predicted octanol–water partition coefficient (Wildman–Crippen LogP) is 3.58. The van der Waals surface area contributed by atoms with Gasteiger partial charge in [0.15, 0.2) is 8.32 Å². The lowest BCUT2D eigenvalue weighted by atomic mass is 9.99. The molecule has 0 saturated carbocycles. The van der Waals surface area contributed by atoms with Gasteiger partial charge in [-0.2, -0.15) is 0 Å². The maximum absolute atomic E-state index is 8.87. The lowest BCUT2D eigenvalue weighted by Crippen LogP contribution is -2.45. The molecule has 0 aromatic carbocycles. The van der Waals surface area contributed by atoms with E-state index in [1.165, 1.54) is 0 Å². The first kappa shape index (κ1) is 12.3. The number of aliphatic hydroxyl groups excluding tert-OH is 1. The van der Waals surface area contributed by atoms with E-state index in [1.807, 2.05) is 13.1 Å². The van der Waals surface area contributed by atoms with E-state index in [9.17, 15) is 0 Å². The SMILES string of the molecule is [2H]C([2H])(O[Si](C)(C)C(C)(C)C(C)C)C(=C)CCO. The Morgan fingerprint density at radius 2 is 2.00 bits per heavy atom. The second-order valence-corrected chi connectivity index (χ2v) is 10.2. The van der Waals surface area contributed by atoms with Crippen LogP contribution in [0, 0.1) is 5.92 Å². The maximum atomic E-state index is 8.87. The van der Waals surface area contributed by atoms with Gasteiger partial charge >= 0.3 is 0 Å². The minimum absolute atomic E-state index is 0.0418. The Hall–Kier alpha value is -0.123. The molecule has 3 heteroatoms. The fourth-order valence-electron chi connectivity index (χ4n) is 1.21. The fraction of sp³-hybridized carbons (Fsp3) is 0.846. The quantitative estimate of drug-likeness (QED) is 0.549. The van der Waals surface area contributed by atoms with E-state index >= 15 is 0 Å². The van der Waals surface area contributed by atoms with Crippen molar-refractivity contribution >= 4 is 8.32 Å². The molecule has 0 amide bonds. The molecule has 0 spiro atoms. The Bertz CT molecular complexity index is 299. The van der Waals surface area contributed by atoms with Crippen LogP contribution in [0.15, 0.2) is 12.2 Å². The molecule has 96 valence electrons. The van der Waals surface area contributed by atoms with Gasteiger partial charge in [-0.15, -0.1) is 0 Å². The summed E-state index contributed by atoms with van der Waals surface area (Å²) in [7, 11) is -2.24. The second kappa shape index (κ2) is 5.99. The van der Waals surface area contributed by atoms with Crippen molar-refractivity contribution in [2.24, 2.45) is 5.92 Å². The van der Waals surface area contributed by atoms with Crippen molar-refractivity contribution in [3.63, 3.8) is 0 Å². The Labute approximate surface area is 105 Å². The zero-order valence-corrected chi connectivity index (χ0v) is 12.6. The molecule has 0 aliphatic carbocycles. The number of hydrogen-bond donors (Lipinski definition) is 1. The fourth-order valence-corrected chi connectivity index (χ4v) is 3.27. The molecule has 16 heavy (non-hydrogen) atoms. The summed E-state index contributed by atoms with van der Waals surface area (Å²) >= 11 is 0. The molecule has 0 heterocycles. The van der Waals surface area contributed by atoms with Crippen molar-refractivity contribution in [3.05, 3.63) is 12.2 Å². The Kier molecular flexibility index (Phi) is 4.62. The van der Waals surface area contributed by atoms with Crippen LogP contribution in [0.25, 0.3) is 0 Å². The molecule has 0 atom stereocenters. The Balaban J connectivity index is 5.02. The minimum atomic E-state index is -2.24. The van der Waals surface area contributed by atoms with Gasteiger partial charge in [-0.1, -0.05) is 39.8 Å². The van der Waals surface area contributed by atoms with Gasteiger partial charge < -0.3 is 9.53 Å². The molecular weight excluding hydrogens is 216 g/mol. The van der Waals surface area contributed by atoms with E-state index in [0.717, 1.165) is 0 Å². The number of aliphatic hydroxyl groups is 1. The van der Waals surface area contributed by atoms with Gasteiger partial charge in [-0.3, -0.25) is 0 Å². The predicted molar refractivity (Wildman–Crippen MR) is 73.2 cm³/mol. The summed E-state index contributed by atoms with van der Waals surface area (Å²) in [5, 5.41) is 8.83. The molecule has 0 aliphatic rings. The summed E-state index contributed by atoms with van der Waals surface area (Å²) in [6.07, 6.45) is 0.236. The van der Waals surface area contributed by atoms with Crippen LogP contribution in [0.5, 0.6) is 0 Å². The molecule has 0 saturated heterocycles. The van der Waals surface area contributed by atoms with Gasteiger partial charge in [-0.25, -0.2) is 0 Å². The van der Waals surface area contributed by atoms with E-state index < -0.39 is 14.9 Å². The van der Waals surface area contributed by atoms with Crippen molar-refractivity contribution in [1.82, 2.24) is 0 Å². The number of rotatable bonds is 7. The number of hydrogen-bond acceptors (Lipinski definition) is 2. The second-order valence-electron chi connectivity index (χ2n) is 5.67. The third kappa shape index (κ3) is 4.04. The Morgan fingerprint density at radius 1 is 1.50 bits per heavy atom. The van der Waals surface area contributed by atoms with E-state index in [-0.39, 0.29) is 18.1 Å². The molecular formula is C13H28O2Si. The Morgan fingerprint density at radius 3 is 2.38 bits per heavy atom. The maximum Gasteiger partial charge on any atom is 0.193 e. The van der Waals surface area contributed by atoms with Gasteiger partial charge in [-0.05, 0) is 30.5 Å². The highest BCUT2D eigenvalue weighted by Gasteiger charge is 2.43. The van der Waals surface area contributed by atoms with Gasteiger partial charge in [0.2, 0.25) is 0 Å². The minimum Gasteiger partial charge on any atom is -0.413 e. The zero-order valence-electron chi connectivity index (χ0n) is 13.6. The average molecular weight is 246 g/mol. The lowest BCUT2D eigenvalue weighted by molar-refractivity contribution is 0.268. The zero-order chi connectivity index (χ0) is 14.8. The van der Waals surface area contributed by atoms with E-state index in [1.54, 1.807) is 0 Å². The van der Waals surface area contributed by atoms with Gasteiger partial charge in [0.25, 0.3) is 0 Å². The van der Waals surface area contributed by atoms with E-state index in [2.05, 4.69) is 34.3 Å². The monoisotopic (exact) mass is 246 g/mol. The lowest BCUT2D eigenvalue weighted by Gasteiger charge is -2.42. The van der Waals surface area contributed by atoms with Gasteiger partial charge in [0.1, 0.15) is 0 Å². The highest BCUT2D eigenvalue weighted by molar-refractivity contribution is 6.74. The molecule has 2 nitrogen and oxygen atoms in total. The van der Waals surface area contributed by atoms with Crippen LogP contribution in [-0.2, 0) is 4.43 Å². The summed E-state index contributed by atoms with van der Waals surface area (Å²) in [5.41, 5.74) is 0.310. The molecule has 0 bridgehead atoms. The third-order valence-electron chi connectivity index (χ3n) is 3.86. The molecule has 0 aromatic rings. The van der Waals surface area contributed by atoms with Crippen molar-refractivity contribution in [1.29, 1.82) is 0 Å². The molecule has 0 radical (unpaired) electrons. The summed E-state index contributed by atoms with van der Waals surface area (Å²) in [5.74, 6) is 0.418. The summed E-state index contributed by atoms with van der Waals surface area (Å²) < 4.78 is 21.8. The first-order valence-corrected chi connectivity index (χ1v) is 8.78. The molecule has 0 unspecified atom stereocenters. The van der Waals surface area contributed by atoms with E-state index in [0.29, 0.717) is 11.5 Å². The van der Waals surface area contributed by atoms with Crippen LogP contribution >= 0.6 is 0 Å². The molecule has 1 N–H and O–H groups in total. The standard InChI is InChI=1S/C13H28O2Si/c1-11(2)13(4,5)16(6,7)15-10-12(3)8-9-14/h11,14H,3,8-10H2,1-2,4-7H3/i10D2. The molecule has 0 fully saturated rings. The van der Waals surface area contributed by atoms with Crippen molar-refractivity contribution < 1.29 is 12.3 Å². The van der Waals surface area contributed by atoms with Crippen molar-refractivity contribution in [2.45, 2.75) is 52.2 Å². The summed E-state index contributed by atoms with van der Waals surface area (Å²) in [6, 6.07) is 0. The first-order valence-electron chi connectivity index (χ1n) is 6.87. The van der Waals surface area contributed by atoms with Crippen LogP contribution in [-0.4, -0.2) is 26.6 Å². The highest BCUT2D eigenvalue weighted by Crippen LogP contribution is 2.44. The normalized spacial score (nSPS) is 16.0. The van der Waals surface area contributed by atoms with Crippen molar-refractivity contribution in [2.75, 3.05) is 13.2 Å². The highest BCUT2D eigenvalue weighted by atomic mass is 28.4. The van der Waals surface area contributed by atoms with Crippen LogP contribution in [0.3, 0.4) is 0 Å². The van der Waals surface area contributed by atoms with Gasteiger partial charge in [0.05, 0.1) is 9.30 Å².